The summed E-state index contributed by atoms with van der Waals surface area (Å²) in [6, 6.07) is 7.95. The first-order valence-electron chi connectivity index (χ1n) is 7.95. The van der Waals surface area contributed by atoms with E-state index in [1.54, 1.807) is 7.11 Å². The second-order valence-electron chi connectivity index (χ2n) is 5.88. The van der Waals surface area contributed by atoms with Crippen LogP contribution in [-0.4, -0.2) is 27.6 Å². The van der Waals surface area contributed by atoms with Crippen molar-refractivity contribution in [3.63, 3.8) is 0 Å². The minimum absolute atomic E-state index is 0.835. The van der Waals surface area contributed by atoms with Crippen molar-refractivity contribution in [3.8, 4) is 17.1 Å². The Balaban J connectivity index is 1.74. The Bertz CT molecular complexity index is 620. The van der Waals surface area contributed by atoms with Crippen LogP contribution in [0.3, 0.4) is 0 Å². The molecule has 0 spiro atoms. The monoisotopic (exact) mass is 317 g/mol. The SMILES string of the molecule is COc1ccccc1-c1nnc(SCC2CCCCC2)n1C. The number of nitrogens with zero attached hydrogens (tertiary/aromatic N) is 3. The maximum absolute atomic E-state index is 5.43. The smallest absolute Gasteiger partial charge is 0.191 e. The number of hydrogen-bond acceptors (Lipinski definition) is 4. The quantitative estimate of drug-likeness (QED) is 0.776. The van der Waals surface area contributed by atoms with E-state index >= 15 is 0 Å². The molecule has 0 amide bonds. The van der Waals surface area contributed by atoms with E-state index in [1.165, 1.54) is 32.1 Å². The fraction of sp³-hybridized carbons (Fsp3) is 0.529. The molecule has 4 nitrogen and oxygen atoms in total. The number of methoxy groups -OCH3 is 1. The molecule has 1 saturated carbocycles. The fourth-order valence-corrected chi connectivity index (χ4v) is 4.15. The van der Waals surface area contributed by atoms with Crippen molar-refractivity contribution in [1.29, 1.82) is 0 Å². The zero-order chi connectivity index (χ0) is 15.4. The first-order chi connectivity index (χ1) is 10.8. The molecule has 1 aliphatic carbocycles. The molecule has 3 rings (SSSR count). The van der Waals surface area contributed by atoms with Crippen LogP contribution in [0, 0.1) is 5.92 Å². The van der Waals surface area contributed by atoms with Gasteiger partial charge in [0, 0.05) is 12.8 Å². The van der Waals surface area contributed by atoms with E-state index in [0.29, 0.717) is 0 Å². The van der Waals surface area contributed by atoms with Crippen molar-refractivity contribution in [2.24, 2.45) is 13.0 Å². The van der Waals surface area contributed by atoms with Crippen LogP contribution >= 0.6 is 11.8 Å². The highest BCUT2D eigenvalue weighted by atomic mass is 32.2. The van der Waals surface area contributed by atoms with E-state index in [9.17, 15) is 0 Å². The zero-order valence-corrected chi connectivity index (χ0v) is 14.1. The molecule has 1 aromatic heterocycles. The number of benzene rings is 1. The molecule has 118 valence electrons. The third-order valence-corrected chi connectivity index (χ3v) is 5.61. The lowest BCUT2D eigenvalue weighted by molar-refractivity contribution is 0.390. The van der Waals surface area contributed by atoms with E-state index in [4.69, 9.17) is 4.74 Å². The van der Waals surface area contributed by atoms with Gasteiger partial charge >= 0.3 is 0 Å². The van der Waals surface area contributed by atoms with Gasteiger partial charge in [0.1, 0.15) is 5.75 Å². The molecule has 1 aliphatic rings. The van der Waals surface area contributed by atoms with Gasteiger partial charge in [-0.2, -0.15) is 0 Å². The Morgan fingerprint density at radius 1 is 1.18 bits per heavy atom. The minimum atomic E-state index is 0.835. The van der Waals surface area contributed by atoms with Crippen LogP contribution in [0.25, 0.3) is 11.4 Å². The van der Waals surface area contributed by atoms with Gasteiger partial charge in [-0.05, 0) is 30.9 Å². The van der Waals surface area contributed by atoms with Gasteiger partial charge in [-0.25, -0.2) is 0 Å². The van der Waals surface area contributed by atoms with Gasteiger partial charge in [0.25, 0.3) is 0 Å². The van der Waals surface area contributed by atoms with Gasteiger partial charge in [-0.15, -0.1) is 10.2 Å². The molecular weight excluding hydrogens is 294 g/mol. The molecule has 5 heteroatoms. The van der Waals surface area contributed by atoms with Crippen molar-refractivity contribution >= 4 is 11.8 Å². The second kappa shape index (κ2) is 7.18. The maximum Gasteiger partial charge on any atom is 0.191 e. The Kier molecular flexibility index (Phi) is 5.03. The fourth-order valence-electron chi connectivity index (χ4n) is 3.05. The predicted molar refractivity (Wildman–Crippen MR) is 90.3 cm³/mol. The maximum atomic E-state index is 5.43. The minimum Gasteiger partial charge on any atom is -0.496 e. The summed E-state index contributed by atoms with van der Waals surface area (Å²) in [5.41, 5.74) is 0.990. The summed E-state index contributed by atoms with van der Waals surface area (Å²) < 4.78 is 7.51. The van der Waals surface area contributed by atoms with Crippen LogP contribution in [0.4, 0.5) is 0 Å². The summed E-state index contributed by atoms with van der Waals surface area (Å²) in [4.78, 5) is 0. The van der Waals surface area contributed by atoms with Crippen molar-refractivity contribution in [3.05, 3.63) is 24.3 Å². The van der Waals surface area contributed by atoms with Crippen LogP contribution in [0.5, 0.6) is 5.75 Å². The molecule has 0 unspecified atom stereocenters. The Morgan fingerprint density at radius 3 is 2.73 bits per heavy atom. The van der Waals surface area contributed by atoms with E-state index in [0.717, 1.165) is 34.0 Å². The van der Waals surface area contributed by atoms with Crippen molar-refractivity contribution in [1.82, 2.24) is 14.8 Å². The van der Waals surface area contributed by atoms with E-state index in [-0.39, 0.29) is 0 Å². The summed E-state index contributed by atoms with van der Waals surface area (Å²) >= 11 is 1.83. The van der Waals surface area contributed by atoms with Gasteiger partial charge in [0.15, 0.2) is 11.0 Å². The Labute approximate surface area is 136 Å². The molecule has 1 fully saturated rings. The predicted octanol–water partition coefficient (Wildman–Crippen LogP) is 4.16. The molecule has 0 bridgehead atoms. The normalized spacial score (nSPS) is 15.9. The molecule has 1 aromatic carbocycles. The van der Waals surface area contributed by atoms with E-state index < -0.39 is 0 Å². The number of rotatable bonds is 5. The third-order valence-electron chi connectivity index (χ3n) is 4.36. The highest BCUT2D eigenvalue weighted by molar-refractivity contribution is 7.99. The highest BCUT2D eigenvalue weighted by Gasteiger charge is 2.18. The number of ether oxygens (including phenoxy) is 1. The lowest BCUT2D eigenvalue weighted by Gasteiger charge is -2.20. The second-order valence-corrected chi connectivity index (χ2v) is 6.87. The molecule has 0 N–H and O–H groups in total. The average molecular weight is 317 g/mol. The molecule has 2 aromatic rings. The Hall–Kier alpha value is -1.49. The first kappa shape index (κ1) is 15.4. The van der Waals surface area contributed by atoms with E-state index in [1.807, 2.05) is 43.1 Å². The molecule has 0 saturated heterocycles. The summed E-state index contributed by atoms with van der Waals surface area (Å²) in [7, 11) is 3.72. The standard InChI is InChI=1S/C17H23N3OS/c1-20-16(14-10-6-7-11-15(14)21-2)18-19-17(20)22-12-13-8-4-3-5-9-13/h6-7,10-11,13H,3-5,8-9,12H2,1-2H3. The van der Waals surface area contributed by atoms with Crippen LogP contribution in [0.15, 0.2) is 29.4 Å². The van der Waals surface area contributed by atoms with Gasteiger partial charge in [-0.3, -0.25) is 0 Å². The molecular formula is C17H23N3OS. The molecule has 1 heterocycles. The summed E-state index contributed by atoms with van der Waals surface area (Å²) in [6.07, 6.45) is 6.91. The number of thioether (sulfide) groups is 1. The van der Waals surface area contributed by atoms with Gasteiger partial charge < -0.3 is 9.30 Å². The van der Waals surface area contributed by atoms with Crippen LogP contribution < -0.4 is 4.74 Å². The molecule has 0 atom stereocenters. The zero-order valence-electron chi connectivity index (χ0n) is 13.3. The van der Waals surface area contributed by atoms with Crippen molar-refractivity contribution in [2.75, 3.05) is 12.9 Å². The van der Waals surface area contributed by atoms with Crippen LogP contribution in [0.1, 0.15) is 32.1 Å². The van der Waals surface area contributed by atoms with E-state index in [2.05, 4.69) is 14.8 Å². The van der Waals surface area contributed by atoms with Crippen molar-refractivity contribution < 1.29 is 4.74 Å². The first-order valence-corrected chi connectivity index (χ1v) is 8.93. The summed E-state index contributed by atoms with van der Waals surface area (Å²) in [5, 5.41) is 9.73. The number of aromatic nitrogens is 3. The number of hydrogen-bond donors (Lipinski definition) is 0. The lowest BCUT2D eigenvalue weighted by atomic mass is 9.91. The lowest BCUT2D eigenvalue weighted by Crippen LogP contribution is -2.09. The molecule has 22 heavy (non-hydrogen) atoms. The topological polar surface area (TPSA) is 39.9 Å². The number of para-hydroxylation sites is 1. The van der Waals surface area contributed by atoms with Crippen molar-refractivity contribution in [2.45, 2.75) is 37.3 Å². The third kappa shape index (κ3) is 3.29. The largest absolute Gasteiger partial charge is 0.496 e. The van der Waals surface area contributed by atoms with Gasteiger partial charge in [0.05, 0.1) is 12.7 Å². The van der Waals surface area contributed by atoms with Crippen LogP contribution in [-0.2, 0) is 7.05 Å². The highest BCUT2D eigenvalue weighted by Crippen LogP contribution is 2.32. The Morgan fingerprint density at radius 2 is 1.95 bits per heavy atom. The summed E-state index contributed by atoms with van der Waals surface area (Å²) in [5.74, 6) is 3.69. The molecule has 0 aliphatic heterocycles. The van der Waals surface area contributed by atoms with Crippen LogP contribution in [0.2, 0.25) is 0 Å². The van der Waals surface area contributed by atoms with Gasteiger partial charge in [0.2, 0.25) is 0 Å². The van der Waals surface area contributed by atoms with Gasteiger partial charge in [-0.1, -0.05) is 43.2 Å². The summed E-state index contributed by atoms with van der Waals surface area (Å²) in [6.45, 7) is 0. The molecule has 0 radical (unpaired) electrons. The average Bonchev–Trinajstić information content (AvgIpc) is 2.94.